The summed E-state index contributed by atoms with van der Waals surface area (Å²) in [6.45, 7) is 0. The smallest absolute Gasteiger partial charge is 0.291 e. The predicted octanol–water partition coefficient (Wildman–Crippen LogP) is 3.91. The lowest BCUT2D eigenvalue weighted by molar-refractivity contribution is -0.380. The minimum absolute atomic E-state index is 0.114. The number of carbonyl (C=O) groups excluding carboxylic acids is 1. The Kier molecular flexibility index (Phi) is 4.27. The molecule has 0 bridgehead atoms. The lowest BCUT2D eigenvalue weighted by atomic mass is 9.95. The van der Waals surface area contributed by atoms with E-state index in [1.54, 1.807) is 24.3 Å². The summed E-state index contributed by atoms with van der Waals surface area (Å²) in [7, 11) is 0. The molecule has 5 nitrogen and oxygen atoms in total. The number of hydrogen-bond acceptors (Lipinski definition) is 5. The summed E-state index contributed by atoms with van der Waals surface area (Å²) in [5, 5.41) is 19.7. The molecule has 0 spiro atoms. The van der Waals surface area contributed by atoms with E-state index in [-0.39, 0.29) is 9.88 Å². The first kappa shape index (κ1) is 14.4. The van der Waals surface area contributed by atoms with Crippen LogP contribution in [-0.4, -0.2) is 10.7 Å². The van der Waals surface area contributed by atoms with E-state index in [2.05, 4.69) is 15.9 Å². The third-order valence-corrected chi connectivity index (χ3v) is 4.40. The Morgan fingerprint density at radius 2 is 2.05 bits per heavy atom. The summed E-state index contributed by atoms with van der Waals surface area (Å²) in [5.74, 6) is -1.42. The van der Waals surface area contributed by atoms with Crippen LogP contribution in [-0.2, 0) is 0 Å². The second-order valence-electron chi connectivity index (χ2n) is 3.84. The zero-order valence-corrected chi connectivity index (χ0v) is 12.3. The van der Waals surface area contributed by atoms with Crippen molar-refractivity contribution in [3.63, 3.8) is 0 Å². The number of thiophene rings is 1. The molecule has 0 radical (unpaired) electrons. The molecule has 0 saturated heterocycles. The number of benzene rings is 1. The molecule has 0 N–H and O–H groups in total. The molecule has 7 heteroatoms. The van der Waals surface area contributed by atoms with Crippen molar-refractivity contribution in [3.8, 4) is 6.07 Å². The van der Waals surface area contributed by atoms with Crippen LogP contribution in [0.5, 0.6) is 0 Å². The molecule has 100 valence electrons. The quantitative estimate of drug-likeness (QED) is 0.475. The number of ketones is 1. The summed E-state index contributed by atoms with van der Waals surface area (Å²) in [6, 6.07) is 11.5. The fourth-order valence-corrected chi connectivity index (χ4v) is 2.98. The van der Waals surface area contributed by atoms with Crippen molar-refractivity contribution in [1.82, 2.24) is 0 Å². The van der Waals surface area contributed by atoms with Crippen molar-refractivity contribution in [3.05, 3.63) is 61.4 Å². The predicted molar refractivity (Wildman–Crippen MR) is 77.8 cm³/mol. The summed E-state index contributed by atoms with van der Waals surface area (Å²) in [4.78, 5) is 22.6. The SMILES string of the molecule is N#CC(C(=O)c1ccc([N+](=O)[O-])s1)c1ccccc1Br. The molecule has 0 aliphatic heterocycles. The molecule has 1 unspecified atom stereocenters. The van der Waals surface area contributed by atoms with Crippen LogP contribution in [0.1, 0.15) is 21.2 Å². The van der Waals surface area contributed by atoms with Gasteiger partial charge in [-0.05, 0) is 17.7 Å². The van der Waals surface area contributed by atoms with E-state index in [4.69, 9.17) is 0 Å². The maximum absolute atomic E-state index is 12.3. The number of nitriles is 1. The van der Waals surface area contributed by atoms with Crippen molar-refractivity contribution in [2.45, 2.75) is 5.92 Å². The van der Waals surface area contributed by atoms with Gasteiger partial charge in [0.25, 0.3) is 0 Å². The molecule has 2 aromatic rings. The van der Waals surface area contributed by atoms with Gasteiger partial charge in [-0.3, -0.25) is 14.9 Å². The Labute approximate surface area is 126 Å². The van der Waals surface area contributed by atoms with Gasteiger partial charge in [-0.2, -0.15) is 5.26 Å². The molecule has 20 heavy (non-hydrogen) atoms. The monoisotopic (exact) mass is 350 g/mol. The first-order valence-electron chi connectivity index (χ1n) is 5.47. The van der Waals surface area contributed by atoms with E-state index in [1.165, 1.54) is 12.1 Å². The lowest BCUT2D eigenvalue weighted by Gasteiger charge is -2.08. The summed E-state index contributed by atoms with van der Waals surface area (Å²) >= 11 is 4.08. The zero-order chi connectivity index (χ0) is 14.7. The minimum Gasteiger partial charge on any atom is -0.291 e. The topological polar surface area (TPSA) is 84.0 Å². The third-order valence-electron chi connectivity index (χ3n) is 2.62. The maximum atomic E-state index is 12.3. The first-order valence-corrected chi connectivity index (χ1v) is 7.08. The van der Waals surface area contributed by atoms with Crippen LogP contribution in [0.15, 0.2) is 40.9 Å². The van der Waals surface area contributed by atoms with E-state index in [9.17, 15) is 20.2 Å². The number of carbonyl (C=O) groups is 1. The second-order valence-corrected chi connectivity index (χ2v) is 5.76. The fraction of sp³-hybridized carbons (Fsp3) is 0.0769. The van der Waals surface area contributed by atoms with E-state index in [1.807, 2.05) is 6.07 Å². The van der Waals surface area contributed by atoms with Crippen LogP contribution in [0.3, 0.4) is 0 Å². The van der Waals surface area contributed by atoms with Gasteiger partial charge in [0.05, 0.1) is 15.9 Å². The molecule has 1 aromatic heterocycles. The molecule has 0 aliphatic carbocycles. The van der Waals surface area contributed by atoms with Crippen molar-refractivity contribution in [1.29, 1.82) is 5.26 Å². The number of Topliss-reactive ketones (excluding diaryl/α,β-unsaturated/α-hetero) is 1. The van der Waals surface area contributed by atoms with Gasteiger partial charge in [0, 0.05) is 10.5 Å². The van der Waals surface area contributed by atoms with Crippen molar-refractivity contribution >= 4 is 38.1 Å². The van der Waals surface area contributed by atoms with Crippen molar-refractivity contribution in [2.75, 3.05) is 0 Å². The maximum Gasteiger partial charge on any atom is 0.324 e. The Morgan fingerprint density at radius 1 is 1.35 bits per heavy atom. The van der Waals surface area contributed by atoms with Gasteiger partial charge in [0.1, 0.15) is 5.92 Å². The van der Waals surface area contributed by atoms with Gasteiger partial charge < -0.3 is 0 Å². The zero-order valence-electron chi connectivity index (χ0n) is 9.95. The highest BCUT2D eigenvalue weighted by Gasteiger charge is 2.26. The lowest BCUT2D eigenvalue weighted by Crippen LogP contribution is -2.10. The Hall–Kier alpha value is -2.04. The second kappa shape index (κ2) is 5.94. The van der Waals surface area contributed by atoms with E-state index < -0.39 is 16.6 Å². The fourth-order valence-electron chi connectivity index (χ4n) is 1.68. The summed E-state index contributed by atoms with van der Waals surface area (Å²) in [5.41, 5.74) is 0.552. The number of nitrogens with zero attached hydrogens (tertiary/aromatic N) is 2. The molecule has 1 atom stereocenters. The largest absolute Gasteiger partial charge is 0.324 e. The number of hydrogen-bond donors (Lipinski definition) is 0. The van der Waals surface area contributed by atoms with Crippen molar-refractivity contribution < 1.29 is 9.72 Å². The third kappa shape index (κ3) is 2.76. The molecule has 1 heterocycles. The summed E-state index contributed by atoms with van der Waals surface area (Å²) in [6.07, 6.45) is 0. The molecular formula is C13H7BrN2O3S. The van der Waals surface area contributed by atoms with Crippen LogP contribution in [0, 0.1) is 21.4 Å². The highest BCUT2D eigenvalue weighted by molar-refractivity contribution is 9.10. The average Bonchev–Trinajstić information content (AvgIpc) is 2.91. The standard InChI is InChI=1S/C13H7BrN2O3S/c14-10-4-2-1-3-8(10)9(7-15)13(17)11-5-6-12(20-11)16(18)19/h1-6,9H. The molecule has 0 aliphatic rings. The van der Waals surface area contributed by atoms with Gasteiger partial charge in [0.15, 0.2) is 5.78 Å². The molecule has 2 rings (SSSR count). The van der Waals surface area contributed by atoms with Gasteiger partial charge in [0.2, 0.25) is 0 Å². The first-order chi connectivity index (χ1) is 9.54. The molecular weight excluding hydrogens is 344 g/mol. The number of rotatable bonds is 4. The summed E-state index contributed by atoms with van der Waals surface area (Å²) < 4.78 is 0.658. The van der Waals surface area contributed by atoms with Crippen LogP contribution in [0.4, 0.5) is 5.00 Å². The van der Waals surface area contributed by atoms with Crippen LogP contribution in [0.2, 0.25) is 0 Å². The van der Waals surface area contributed by atoms with E-state index in [0.717, 1.165) is 11.3 Å². The molecule has 0 amide bonds. The van der Waals surface area contributed by atoms with E-state index in [0.29, 0.717) is 10.0 Å². The number of halogens is 1. The minimum atomic E-state index is -0.983. The normalized spacial score (nSPS) is 11.6. The molecule has 0 saturated carbocycles. The highest BCUT2D eigenvalue weighted by Crippen LogP contribution is 2.31. The van der Waals surface area contributed by atoms with Gasteiger partial charge in [-0.15, -0.1) is 0 Å². The van der Waals surface area contributed by atoms with Crippen LogP contribution in [0.25, 0.3) is 0 Å². The van der Waals surface area contributed by atoms with E-state index >= 15 is 0 Å². The molecule has 1 aromatic carbocycles. The molecule has 0 fully saturated rings. The average molecular weight is 351 g/mol. The van der Waals surface area contributed by atoms with Crippen molar-refractivity contribution in [2.24, 2.45) is 0 Å². The highest BCUT2D eigenvalue weighted by atomic mass is 79.9. The van der Waals surface area contributed by atoms with Crippen LogP contribution < -0.4 is 0 Å². The Morgan fingerprint density at radius 3 is 2.60 bits per heavy atom. The Balaban J connectivity index is 2.37. The Bertz CT molecular complexity index is 720. The van der Waals surface area contributed by atoms with Gasteiger partial charge in [-0.25, -0.2) is 0 Å². The number of nitro groups is 1. The van der Waals surface area contributed by atoms with Gasteiger partial charge >= 0.3 is 5.00 Å². The van der Waals surface area contributed by atoms with Gasteiger partial charge in [-0.1, -0.05) is 45.5 Å². The van der Waals surface area contributed by atoms with Crippen LogP contribution >= 0.6 is 27.3 Å².